The Morgan fingerprint density at radius 2 is 1.71 bits per heavy atom. The molecule has 1 fully saturated rings. The van der Waals surface area contributed by atoms with Gasteiger partial charge < -0.3 is 14.5 Å². The second-order valence-corrected chi connectivity index (χ2v) is 5.55. The minimum absolute atomic E-state index is 0.0280. The molecule has 0 bridgehead atoms. The van der Waals surface area contributed by atoms with Crippen LogP contribution in [0.4, 0.5) is 0 Å². The SMILES string of the molecule is Cc1cc(C)cc(O[C@H](C)C(=O)N2CCN(C=O)CC2)c1. The summed E-state index contributed by atoms with van der Waals surface area (Å²) in [6, 6.07) is 5.93. The Kier molecular flexibility index (Phi) is 4.83. The van der Waals surface area contributed by atoms with Gasteiger partial charge in [0, 0.05) is 26.2 Å². The van der Waals surface area contributed by atoms with E-state index in [0.717, 1.165) is 23.3 Å². The van der Waals surface area contributed by atoms with Crippen LogP contribution in [0.3, 0.4) is 0 Å². The first-order valence-corrected chi connectivity index (χ1v) is 7.22. The highest BCUT2D eigenvalue weighted by Gasteiger charge is 2.25. The van der Waals surface area contributed by atoms with Crippen LogP contribution in [-0.4, -0.2) is 54.4 Å². The van der Waals surface area contributed by atoms with Gasteiger partial charge in [-0.1, -0.05) is 6.07 Å². The van der Waals surface area contributed by atoms with Gasteiger partial charge in [0.2, 0.25) is 6.41 Å². The Morgan fingerprint density at radius 1 is 1.14 bits per heavy atom. The Balaban J connectivity index is 1.95. The number of hydrogen-bond acceptors (Lipinski definition) is 3. The summed E-state index contributed by atoms with van der Waals surface area (Å²) in [6.45, 7) is 8.09. The van der Waals surface area contributed by atoms with Gasteiger partial charge in [-0.05, 0) is 44.0 Å². The van der Waals surface area contributed by atoms with E-state index in [2.05, 4.69) is 6.07 Å². The number of piperazine rings is 1. The number of ether oxygens (including phenoxy) is 1. The molecule has 21 heavy (non-hydrogen) atoms. The largest absolute Gasteiger partial charge is 0.481 e. The van der Waals surface area contributed by atoms with Crippen molar-refractivity contribution < 1.29 is 14.3 Å². The summed E-state index contributed by atoms with van der Waals surface area (Å²) in [5.74, 6) is 0.694. The van der Waals surface area contributed by atoms with Crippen molar-refractivity contribution in [2.45, 2.75) is 26.9 Å². The number of amides is 2. The van der Waals surface area contributed by atoms with Gasteiger partial charge in [-0.25, -0.2) is 0 Å². The summed E-state index contributed by atoms with van der Waals surface area (Å²) in [6.07, 6.45) is 0.311. The van der Waals surface area contributed by atoms with Crippen LogP contribution in [0.5, 0.6) is 5.75 Å². The normalized spacial score (nSPS) is 16.5. The van der Waals surface area contributed by atoms with Crippen molar-refractivity contribution in [3.05, 3.63) is 29.3 Å². The number of carbonyl (C=O) groups excluding carboxylic acids is 2. The summed E-state index contributed by atoms with van der Waals surface area (Å²) < 4.78 is 5.77. The molecule has 114 valence electrons. The Bertz CT molecular complexity index is 502. The van der Waals surface area contributed by atoms with Gasteiger partial charge in [0.05, 0.1) is 0 Å². The van der Waals surface area contributed by atoms with Crippen molar-refractivity contribution in [1.29, 1.82) is 0 Å². The zero-order chi connectivity index (χ0) is 15.4. The van der Waals surface area contributed by atoms with E-state index in [4.69, 9.17) is 4.74 Å². The van der Waals surface area contributed by atoms with Gasteiger partial charge in [-0.3, -0.25) is 9.59 Å². The maximum absolute atomic E-state index is 12.4. The first-order valence-electron chi connectivity index (χ1n) is 7.22. The zero-order valence-corrected chi connectivity index (χ0v) is 12.8. The molecule has 1 aromatic rings. The topological polar surface area (TPSA) is 49.9 Å². The van der Waals surface area contributed by atoms with Crippen LogP contribution < -0.4 is 4.74 Å². The smallest absolute Gasteiger partial charge is 0.263 e. The molecule has 1 aliphatic rings. The number of rotatable bonds is 4. The number of hydrogen-bond donors (Lipinski definition) is 0. The quantitative estimate of drug-likeness (QED) is 0.787. The summed E-state index contributed by atoms with van der Waals surface area (Å²) in [5, 5.41) is 0. The van der Waals surface area contributed by atoms with E-state index in [1.54, 1.807) is 16.7 Å². The fraction of sp³-hybridized carbons (Fsp3) is 0.500. The molecule has 0 spiro atoms. The van der Waals surface area contributed by atoms with Crippen LogP contribution in [0.25, 0.3) is 0 Å². The van der Waals surface area contributed by atoms with E-state index in [9.17, 15) is 9.59 Å². The third kappa shape index (κ3) is 3.97. The van der Waals surface area contributed by atoms with Gasteiger partial charge in [0.25, 0.3) is 5.91 Å². The van der Waals surface area contributed by atoms with Crippen molar-refractivity contribution in [2.75, 3.05) is 26.2 Å². The molecule has 0 aliphatic carbocycles. The molecule has 0 saturated carbocycles. The minimum Gasteiger partial charge on any atom is -0.481 e. The maximum Gasteiger partial charge on any atom is 0.263 e. The molecule has 2 amide bonds. The van der Waals surface area contributed by atoms with Gasteiger partial charge in [-0.2, -0.15) is 0 Å². The van der Waals surface area contributed by atoms with Gasteiger partial charge in [0.1, 0.15) is 5.75 Å². The molecule has 1 aliphatic heterocycles. The van der Waals surface area contributed by atoms with E-state index in [-0.39, 0.29) is 5.91 Å². The lowest BCUT2D eigenvalue weighted by molar-refractivity contribution is -0.141. The molecule has 1 aromatic carbocycles. The second-order valence-electron chi connectivity index (χ2n) is 5.55. The highest BCUT2D eigenvalue weighted by molar-refractivity contribution is 5.81. The molecular formula is C16H22N2O3. The fourth-order valence-corrected chi connectivity index (χ4v) is 2.56. The summed E-state index contributed by atoms with van der Waals surface area (Å²) in [5.41, 5.74) is 2.23. The molecule has 1 saturated heterocycles. The molecule has 5 heteroatoms. The van der Waals surface area contributed by atoms with E-state index in [0.29, 0.717) is 26.2 Å². The molecule has 5 nitrogen and oxygen atoms in total. The Labute approximate surface area is 125 Å². The lowest BCUT2D eigenvalue weighted by Gasteiger charge is -2.34. The van der Waals surface area contributed by atoms with Crippen LogP contribution in [-0.2, 0) is 9.59 Å². The van der Waals surface area contributed by atoms with Crippen molar-refractivity contribution in [2.24, 2.45) is 0 Å². The second kappa shape index (κ2) is 6.61. The fourth-order valence-electron chi connectivity index (χ4n) is 2.56. The van der Waals surface area contributed by atoms with Crippen LogP contribution in [0.1, 0.15) is 18.1 Å². The summed E-state index contributed by atoms with van der Waals surface area (Å²) in [7, 11) is 0. The van der Waals surface area contributed by atoms with E-state index in [1.807, 2.05) is 26.0 Å². The lowest BCUT2D eigenvalue weighted by Crippen LogP contribution is -2.51. The van der Waals surface area contributed by atoms with Crippen LogP contribution in [0.15, 0.2) is 18.2 Å². The highest BCUT2D eigenvalue weighted by Crippen LogP contribution is 2.18. The average molecular weight is 290 g/mol. The van der Waals surface area contributed by atoms with Gasteiger partial charge >= 0.3 is 0 Å². The van der Waals surface area contributed by atoms with Crippen LogP contribution >= 0.6 is 0 Å². The van der Waals surface area contributed by atoms with Crippen molar-refractivity contribution in [1.82, 2.24) is 9.80 Å². The third-order valence-electron chi connectivity index (χ3n) is 3.63. The Morgan fingerprint density at radius 3 is 2.24 bits per heavy atom. The van der Waals surface area contributed by atoms with Gasteiger partial charge in [-0.15, -0.1) is 0 Å². The summed E-state index contributed by atoms with van der Waals surface area (Å²) in [4.78, 5) is 26.5. The van der Waals surface area contributed by atoms with Crippen molar-refractivity contribution >= 4 is 12.3 Å². The first kappa shape index (κ1) is 15.4. The van der Waals surface area contributed by atoms with E-state index >= 15 is 0 Å². The Hall–Kier alpha value is -2.04. The molecule has 2 rings (SSSR count). The monoisotopic (exact) mass is 290 g/mol. The van der Waals surface area contributed by atoms with E-state index in [1.165, 1.54) is 0 Å². The van der Waals surface area contributed by atoms with Crippen LogP contribution in [0.2, 0.25) is 0 Å². The number of benzene rings is 1. The molecule has 0 N–H and O–H groups in total. The van der Waals surface area contributed by atoms with Crippen LogP contribution in [0, 0.1) is 13.8 Å². The number of carbonyl (C=O) groups is 2. The third-order valence-corrected chi connectivity index (χ3v) is 3.63. The highest BCUT2D eigenvalue weighted by atomic mass is 16.5. The standard InChI is InChI=1S/C16H22N2O3/c1-12-8-13(2)10-15(9-12)21-14(3)16(20)18-6-4-17(11-19)5-7-18/h8-11,14H,4-7H2,1-3H3/t14-/m1/s1. The maximum atomic E-state index is 12.4. The molecule has 0 aromatic heterocycles. The van der Waals surface area contributed by atoms with Crippen molar-refractivity contribution in [3.8, 4) is 5.75 Å². The molecule has 0 radical (unpaired) electrons. The predicted molar refractivity (Wildman–Crippen MR) is 80.2 cm³/mol. The van der Waals surface area contributed by atoms with Crippen molar-refractivity contribution in [3.63, 3.8) is 0 Å². The van der Waals surface area contributed by atoms with E-state index < -0.39 is 6.10 Å². The zero-order valence-electron chi connectivity index (χ0n) is 12.8. The molecule has 1 atom stereocenters. The lowest BCUT2D eigenvalue weighted by atomic mass is 10.1. The van der Waals surface area contributed by atoms with Gasteiger partial charge in [0.15, 0.2) is 6.10 Å². The number of aryl methyl sites for hydroxylation is 2. The minimum atomic E-state index is -0.519. The molecule has 1 heterocycles. The molecule has 0 unspecified atom stereocenters. The summed E-state index contributed by atoms with van der Waals surface area (Å²) >= 11 is 0. The number of nitrogens with zero attached hydrogens (tertiary/aromatic N) is 2. The predicted octanol–water partition coefficient (Wildman–Crippen LogP) is 1.37. The molecular weight excluding hydrogens is 268 g/mol. The first-order chi connectivity index (χ1) is 9.99. The average Bonchev–Trinajstić information content (AvgIpc) is 2.45.